The van der Waals surface area contributed by atoms with E-state index in [0.29, 0.717) is 23.1 Å². The molecule has 0 saturated carbocycles. The van der Waals surface area contributed by atoms with Gasteiger partial charge in [-0.05, 0) is 19.1 Å². The number of rotatable bonds is 3. The minimum Gasteiger partial charge on any atom is -0.463 e. The van der Waals surface area contributed by atoms with E-state index in [1.807, 2.05) is 11.5 Å². The predicted octanol–water partition coefficient (Wildman–Crippen LogP) is 1.41. The molecule has 0 saturated heterocycles. The molecule has 0 atom stereocenters. The molecule has 0 aliphatic carbocycles. The number of aryl methyl sites for hydroxylation is 1. The van der Waals surface area contributed by atoms with Crippen LogP contribution in [0.25, 0.3) is 11.0 Å². The highest BCUT2D eigenvalue weighted by atomic mass is 16.5. The molecule has 0 amide bonds. The monoisotopic (exact) mass is 232 g/mol. The molecule has 2 rings (SSSR count). The standard InChI is InChI=1S/C12H12N2O3/c1-3-14-7-9(10(15)12(16)17-2)8-5-4-6-13-11(8)14/h4-7H,3H2,1-2H3. The van der Waals surface area contributed by atoms with E-state index in [1.54, 1.807) is 24.5 Å². The lowest BCUT2D eigenvalue weighted by molar-refractivity contribution is -0.135. The molecule has 0 radical (unpaired) electrons. The third-order valence-corrected chi connectivity index (χ3v) is 2.59. The largest absolute Gasteiger partial charge is 0.463 e. The number of fused-ring (bicyclic) bond motifs is 1. The zero-order valence-electron chi connectivity index (χ0n) is 9.64. The van der Waals surface area contributed by atoms with Gasteiger partial charge in [0.2, 0.25) is 0 Å². The van der Waals surface area contributed by atoms with Gasteiger partial charge in [-0.2, -0.15) is 0 Å². The van der Waals surface area contributed by atoms with Crippen LogP contribution >= 0.6 is 0 Å². The molecular formula is C12H12N2O3. The molecule has 0 unspecified atom stereocenters. The van der Waals surface area contributed by atoms with Gasteiger partial charge in [-0.3, -0.25) is 4.79 Å². The lowest BCUT2D eigenvalue weighted by atomic mass is 10.1. The number of carbonyl (C=O) groups excluding carboxylic acids is 2. The Bertz CT molecular complexity index is 586. The lowest BCUT2D eigenvalue weighted by Gasteiger charge is -1.96. The highest BCUT2D eigenvalue weighted by Gasteiger charge is 2.22. The molecule has 2 aromatic heterocycles. The fourth-order valence-electron chi connectivity index (χ4n) is 1.75. The first-order valence-electron chi connectivity index (χ1n) is 5.25. The van der Waals surface area contributed by atoms with E-state index in [1.165, 1.54) is 7.11 Å². The van der Waals surface area contributed by atoms with Crippen LogP contribution in [-0.2, 0) is 16.1 Å². The summed E-state index contributed by atoms with van der Waals surface area (Å²) in [7, 11) is 1.19. The maximum atomic E-state index is 11.8. The molecule has 17 heavy (non-hydrogen) atoms. The minimum atomic E-state index is -0.857. The topological polar surface area (TPSA) is 61.2 Å². The number of ketones is 1. The summed E-state index contributed by atoms with van der Waals surface area (Å²) in [5, 5.41) is 0.671. The molecule has 0 aromatic carbocycles. The lowest BCUT2D eigenvalue weighted by Crippen LogP contribution is -2.15. The van der Waals surface area contributed by atoms with Crippen molar-refractivity contribution in [1.29, 1.82) is 0 Å². The Hall–Kier alpha value is -2.17. The Morgan fingerprint density at radius 1 is 1.47 bits per heavy atom. The summed E-state index contributed by atoms with van der Waals surface area (Å²) in [6.45, 7) is 2.63. The van der Waals surface area contributed by atoms with Crippen LogP contribution in [-0.4, -0.2) is 28.4 Å². The second kappa shape index (κ2) is 4.37. The van der Waals surface area contributed by atoms with E-state index in [-0.39, 0.29) is 0 Å². The number of Topliss-reactive ketones (excluding diaryl/α,β-unsaturated/α-hetero) is 1. The fraction of sp³-hybridized carbons (Fsp3) is 0.250. The molecule has 0 N–H and O–H groups in total. The summed E-state index contributed by atoms with van der Waals surface area (Å²) in [6, 6.07) is 3.50. The number of aromatic nitrogens is 2. The molecule has 0 aliphatic rings. The predicted molar refractivity (Wildman–Crippen MR) is 61.8 cm³/mol. The third kappa shape index (κ3) is 1.80. The van der Waals surface area contributed by atoms with Crippen molar-refractivity contribution in [2.75, 3.05) is 7.11 Å². The second-order valence-corrected chi connectivity index (χ2v) is 3.52. The van der Waals surface area contributed by atoms with Crippen molar-refractivity contribution in [3.8, 4) is 0 Å². The number of ether oxygens (including phenoxy) is 1. The molecule has 0 bridgehead atoms. The summed E-state index contributed by atoms with van der Waals surface area (Å²) in [4.78, 5) is 27.3. The summed E-state index contributed by atoms with van der Waals surface area (Å²) in [6.07, 6.45) is 3.29. The van der Waals surface area contributed by atoms with Crippen LogP contribution in [0.4, 0.5) is 0 Å². The molecule has 0 fully saturated rings. The smallest absolute Gasteiger partial charge is 0.379 e. The van der Waals surface area contributed by atoms with Crippen LogP contribution in [0, 0.1) is 0 Å². The van der Waals surface area contributed by atoms with E-state index < -0.39 is 11.8 Å². The molecule has 88 valence electrons. The quantitative estimate of drug-likeness (QED) is 0.456. The SMILES string of the molecule is CCn1cc(C(=O)C(=O)OC)c2cccnc21. The normalized spacial score (nSPS) is 10.5. The molecule has 2 aromatic rings. The number of esters is 1. The molecule has 2 heterocycles. The van der Waals surface area contributed by atoms with Gasteiger partial charge in [0.25, 0.3) is 5.78 Å². The van der Waals surface area contributed by atoms with E-state index in [2.05, 4.69) is 9.72 Å². The molecular weight excluding hydrogens is 220 g/mol. The summed E-state index contributed by atoms with van der Waals surface area (Å²) < 4.78 is 6.26. The first-order valence-corrected chi connectivity index (χ1v) is 5.25. The van der Waals surface area contributed by atoms with Crippen LogP contribution in [0.5, 0.6) is 0 Å². The van der Waals surface area contributed by atoms with Gasteiger partial charge in [0.1, 0.15) is 5.65 Å². The number of hydrogen-bond donors (Lipinski definition) is 0. The van der Waals surface area contributed by atoms with Crippen molar-refractivity contribution in [2.45, 2.75) is 13.5 Å². The van der Waals surface area contributed by atoms with Crippen molar-refractivity contribution in [2.24, 2.45) is 0 Å². The van der Waals surface area contributed by atoms with E-state index in [0.717, 1.165) is 0 Å². The Morgan fingerprint density at radius 3 is 2.88 bits per heavy atom. The van der Waals surface area contributed by atoms with Gasteiger partial charge in [0, 0.05) is 24.3 Å². The van der Waals surface area contributed by atoms with Gasteiger partial charge in [0.05, 0.1) is 12.7 Å². The maximum Gasteiger partial charge on any atom is 0.379 e. The van der Waals surface area contributed by atoms with Crippen LogP contribution in [0.3, 0.4) is 0 Å². The average molecular weight is 232 g/mol. The average Bonchev–Trinajstić information content (AvgIpc) is 2.75. The van der Waals surface area contributed by atoms with Gasteiger partial charge in [-0.1, -0.05) is 0 Å². The van der Waals surface area contributed by atoms with Gasteiger partial charge < -0.3 is 9.30 Å². The Morgan fingerprint density at radius 2 is 2.24 bits per heavy atom. The van der Waals surface area contributed by atoms with Crippen molar-refractivity contribution >= 4 is 22.8 Å². The number of methoxy groups -OCH3 is 1. The van der Waals surface area contributed by atoms with Gasteiger partial charge in [-0.25, -0.2) is 9.78 Å². The van der Waals surface area contributed by atoms with Crippen molar-refractivity contribution in [3.05, 3.63) is 30.1 Å². The van der Waals surface area contributed by atoms with E-state index in [4.69, 9.17) is 0 Å². The Balaban J connectivity index is 2.62. The van der Waals surface area contributed by atoms with Crippen molar-refractivity contribution in [3.63, 3.8) is 0 Å². The number of hydrogen-bond acceptors (Lipinski definition) is 4. The third-order valence-electron chi connectivity index (χ3n) is 2.59. The summed E-state index contributed by atoms with van der Waals surface area (Å²) in [5.74, 6) is -1.50. The van der Waals surface area contributed by atoms with Crippen molar-refractivity contribution in [1.82, 2.24) is 9.55 Å². The highest BCUT2D eigenvalue weighted by molar-refractivity contribution is 6.42. The minimum absolute atomic E-state index is 0.335. The molecule has 0 aliphatic heterocycles. The maximum absolute atomic E-state index is 11.8. The first kappa shape index (κ1) is 11.3. The van der Waals surface area contributed by atoms with Crippen LogP contribution in [0.15, 0.2) is 24.5 Å². The first-order chi connectivity index (χ1) is 8.19. The van der Waals surface area contributed by atoms with Gasteiger partial charge in [0.15, 0.2) is 0 Å². The molecule has 0 spiro atoms. The Labute approximate surface area is 98.0 Å². The summed E-state index contributed by atoms with van der Waals surface area (Å²) >= 11 is 0. The van der Waals surface area contributed by atoms with Gasteiger partial charge in [-0.15, -0.1) is 0 Å². The zero-order chi connectivity index (χ0) is 12.4. The molecule has 5 heteroatoms. The van der Waals surface area contributed by atoms with Crippen LogP contribution in [0.2, 0.25) is 0 Å². The van der Waals surface area contributed by atoms with E-state index in [9.17, 15) is 9.59 Å². The number of nitrogens with zero attached hydrogens (tertiary/aromatic N) is 2. The van der Waals surface area contributed by atoms with Gasteiger partial charge >= 0.3 is 5.97 Å². The van der Waals surface area contributed by atoms with Crippen LogP contribution in [0.1, 0.15) is 17.3 Å². The molecule has 5 nitrogen and oxygen atoms in total. The van der Waals surface area contributed by atoms with Crippen LogP contribution < -0.4 is 0 Å². The number of carbonyl (C=O) groups is 2. The van der Waals surface area contributed by atoms with E-state index >= 15 is 0 Å². The van der Waals surface area contributed by atoms with Crippen molar-refractivity contribution < 1.29 is 14.3 Å². The second-order valence-electron chi connectivity index (χ2n) is 3.52. The number of pyridine rings is 1. The fourth-order valence-corrected chi connectivity index (χ4v) is 1.75. The highest BCUT2D eigenvalue weighted by Crippen LogP contribution is 2.20. The Kier molecular flexibility index (Phi) is 2.91. The zero-order valence-corrected chi connectivity index (χ0v) is 9.64. The summed E-state index contributed by atoms with van der Waals surface area (Å²) in [5.41, 5.74) is 1.03.